The van der Waals surface area contributed by atoms with Crippen molar-refractivity contribution < 1.29 is 28.1 Å². The van der Waals surface area contributed by atoms with Crippen molar-refractivity contribution in [3.8, 4) is 22.8 Å². The van der Waals surface area contributed by atoms with Crippen molar-refractivity contribution in [1.29, 1.82) is 0 Å². The molecule has 12 heteroatoms. The summed E-state index contributed by atoms with van der Waals surface area (Å²) in [5, 5.41) is 25.2. The van der Waals surface area contributed by atoms with Crippen LogP contribution in [-0.4, -0.2) is 34.5 Å². The highest BCUT2D eigenvalue weighted by atomic mass is 19.1. The first-order valence-electron chi connectivity index (χ1n) is 13.2. The van der Waals surface area contributed by atoms with Crippen LogP contribution >= 0.6 is 0 Å². The van der Waals surface area contributed by atoms with Crippen molar-refractivity contribution in [3.63, 3.8) is 0 Å². The van der Waals surface area contributed by atoms with Gasteiger partial charge in [0, 0.05) is 41.2 Å². The molecule has 42 heavy (non-hydrogen) atoms. The number of halogens is 2. The van der Waals surface area contributed by atoms with Crippen LogP contribution in [0, 0.1) is 16.8 Å². The average molecular weight is 575 g/mol. The molecule has 0 bridgehead atoms. The van der Waals surface area contributed by atoms with Gasteiger partial charge in [-0.05, 0) is 68.1 Å². The highest BCUT2D eigenvalue weighted by Gasteiger charge is 2.33. The van der Waals surface area contributed by atoms with E-state index in [1.807, 2.05) is 0 Å². The Morgan fingerprint density at radius 2 is 1.90 bits per heavy atom. The lowest BCUT2D eigenvalue weighted by Crippen LogP contribution is -2.39. The van der Waals surface area contributed by atoms with E-state index in [4.69, 9.17) is 16.2 Å². The van der Waals surface area contributed by atoms with E-state index in [1.54, 1.807) is 13.0 Å². The summed E-state index contributed by atoms with van der Waals surface area (Å²) in [6.07, 6.45) is 3.20. The van der Waals surface area contributed by atoms with Gasteiger partial charge in [-0.2, -0.15) is 4.73 Å². The number of aliphatic hydroxyl groups excluding tert-OH is 1. The van der Waals surface area contributed by atoms with Gasteiger partial charge in [0.15, 0.2) is 11.6 Å². The number of aromatic nitrogens is 2. The van der Waals surface area contributed by atoms with Crippen molar-refractivity contribution in [2.24, 2.45) is 10.7 Å². The van der Waals surface area contributed by atoms with E-state index < -0.39 is 23.6 Å². The van der Waals surface area contributed by atoms with Gasteiger partial charge in [0.1, 0.15) is 28.8 Å². The Balaban J connectivity index is 1.39. The summed E-state index contributed by atoms with van der Waals surface area (Å²) in [6.45, 7) is 1.40. The molecule has 0 saturated heterocycles. The number of nitrogens with one attached hydrogen (secondary N) is 1. The predicted octanol–water partition coefficient (Wildman–Crippen LogP) is 4.25. The van der Waals surface area contributed by atoms with E-state index in [0.29, 0.717) is 10.3 Å². The third-order valence-electron chi connectivity index (χ3n) is 6.72. The molecule has 1 atom stereocenters. The average Bonchev–Trinajstić information content (AvgIpc) is 3.80. The molecule has 0 unspecified atom stereocenters. The summed E-state index contributed by atoms with van der Waals surface area (Å²) in [5.74, 6) is -1.98. The second kappa shape index (κ2) is 11.8. The Bertz CT molecular complexity index is 1680. The highest BCUT2D eigenvalue weighted by molar-refractivity contribution is 6.04. The zero-order valence-corrected chi connectivity index (χ0v) is 22.6. The molecule has 2 aromatic heterocycles. The third-order valence-corrected chi connectivity index (χ3v) is 6.72. The number of nitrogen functional groups attached to an aromatic ring is 1. The minimum Gasteiger partial charge on any atom is -0.618 e. The predicted molar refractivity (Wildman–Crippen MR) is 153 cm³/mol. The minimum absolute atomic E-state index is 0.00168. The smallest absolute Gasteiger partial charge is 0.321 e. The number of carbonyl (C=O) groups is 1. The number of nitrogens with zero attached hydrogens (tertiary/aromatic N) is 3. The van der Waals surface area contributed by atoms with E-state index in [0.717, 1.165) is 24.5 Å². The van der Waals surface area contributed by atoms with Gasteiger partial charge in [0.2, 0.25) is 5.69 Å². The second-order valence-corrected chi connectivity index (χ2v) is 9.91. The monoisotopic (exact) mass is 574 g/mol. The molecule has 4 aromatic rings. The first kappa shape index (κ1) is 28.4. The molecule has 6 N–H and O–H groups in total. The highest BCUT2D eigenvalue weighted by Crippen LogP contribution is 2.43. The van der Waals surface area contributed by atoms with Gasteiger partial charge >= 0.3 is 5.91 Å². The van der Waals surface area contributed by atoms with E-state index in [9.17, 15) is 19.5 Å². The fourth-order valence-corrected chi connectivity index (χ4v) is 4.46. The Kier molecular flexibility index (Phi) is 7.98. The summed E-state index contributed by atoms with van der Waals surface area (Å²) in [5.41, 5.74) is 13.6. The third kappa shape index (κ3) is 5.98. The topological polar surface area (TPSA) is 163 Å². The van der Waals surface area contributed by atoms with Gasteiger partial charge in [-0.15, -0.1) is 0 Å². The summed E-state index contributed by atoms with van der Waals surface area (Å²) >= 11 is 0. The number of amides is 1. The largest absolute Gasteiger partial charge is 0.618 e. The van der Waals surface area contributed by atoms with Gasteiger partial charge in [-0.25, -0.2) is 13.8 Å². The van der Waals surface area contributed by atoms with Crippen LogP contribution in [0.1, 0.15) is 47.3 Å². The lowest BCUT2D eigenvalue weighted by Gasteiger charge is -2.15. The number of hydrogen-bond acceptors (Lipinski definition) is 7. The van der Waals surface area contributed by atoms with Crippen molar-refractivity contribution in [2.45, 2.75) is 31.7 Å². The number of rotatable bonds is 9. The van der Waals surface area contributed by atoms with Crippen LogP contribution < -0.4 is 26.3 Å². The van der Waals surface area contributed by atoms with Crippen LogP contribution in [0.5, 0.6) is 11.5 Å². The minimum atomic E-state index is -0.820. The molecule has 1 saturated carbocycles. The van der Waals surface area contributed by atoms with E-state index >= 15 is 4.39 Å². The van der Waals surface area contributed by atoms with Crippen LogP contribution in [0.3, 0.4) is 0 Å². The maximum atomic E-state index is 15.1. The zero-order chi connectivity index (χ0) is 30.0. The number of nitrogens with two attached hydrogens (primary N) is 2. The standard InChI is InChI=1S/C30H28F2N6O4/c1-16(15-39)36-29(34)26-25(12-13-35-28(26)33)42-24-11-8-20(14-22(24)32)37-30(40)23-10-9-21(17-2-3-17)27(38(23)41)18-4-6-19(31)7-5-18/h4-14,16-17,39H,2-3,15H2,1H3,(H2,33,35)(H2,34,36)(H,37,40)/t16-/m1/s1. The summed E-state index contributed by atoms with van der Waals surface area (Å²) < 4.78 is 34.9. The number of benzene rings is 2. The van der Waals surface area contributed by atoms with Crippen molar-refractivity contribution in [3.05, 3.63) is 101 Å². The first-order valence-corrected chi connectivity index (χ1v) is 13.2. The number of aliphatic hydroxyl groups is 1. The molecule has 1 aliphatic carbocycles. The number of carbonyl (C=O) groups excluding carboxylic acids is 1. The van der Waals surface area contributed by atoms with Crippen molar-refractivity contribution >= 4 is 23.2 Å². The fraction of sp³-hybridized carbons (Fsp3) is 0.200. The molecule has 216 valence electrons. The second-order valence-electron chi connectivity index (χ2n) is 9.91. The molecule has 0 spiro atoms. The van der Waals surface area contributed by atoms with Crippen molar-refractivity contribution in [2.75, 3.05) is 17.7 Å². The van der Waals surface area contributed by atoms with Gasteiger partial charge in [0.05, 0.1) is 12.6 Å². The number of anilines is 2. The maximum absolute atomic E-state index is 15.1. The lowest BCUT2D eigenvalue weighted by atomic mass is 10.0. The van der Waals surface area contributed by atoms with E-state index in [1.165, 1.54) is 54.7 Å². The van der Waals surface area contributed by atoms with Crippen LogP contribution in [0.2, 0.25) is 0 Å². The molecule has 1 amide bonds. The molecule has 2 aromatic carbocycles. The Labute approximate surface area is 239 Å². The van der Waals surface area contributed by atoms with Crippen LogP contribution in [0.15, 0.2) is 71.9 Å². The normalized spacial score (nSPS) is 14.0. The molecule has 1 aliphatic rings. The summed E-state index contributed by atoms with van der Waals surface area (Å²) in [4.78, 5) is 21.2. The number of hydrogen-bond donors (Lipinski definition) is 4. The molecular formula is C30H28F2N6O4. The Morgan fingerprint density at radius 1 is 1.17 bits per heavy atom. The van der Waals surface area contributed by atoms with Crippen LogP contribution in [0.25, 0.3) is 11.3 Å². The number of aliphatic imine (C=N–C) groups is 1. The molecule has 1 fully saturated rings. The van der Waals surface area contributed by atoms with Gasteiger partial charge in [-0.1, -0.05) is 0 Å². The van der Waals surface area contributed by atoms with Gasteiger partial charge < -0.3 is 31.8 Å². The summed E-state index contributed by atoms with van der Waals surface area (Å²) in [6, 6.07) is 13.3. The Morgan fingerprint density at radius 3 is 2.57 bits per heavy atom. The molecule has 0 aliphatic heterocycles. The molecule has 5 rings (SSSR count). The van der Waals surface area contributed by atoms with Gasteiger partial charge in [0.25, 0.3) is 5.69 Å². The molecule has 2 heterocycles. The number of ether oxygens (including phenoxy) is 1. The quantitative estimate of drug-likeness (QED) is 0.100. The maximum Gasteiger partial charge on any atom is 0.321 e. The van der Waals surface area contributed by atoms with Gasteiger partial charge in [-0.3, -0.25) is 9.79 Å². The summed E-state index contributed by atoms with van der Waals surface area (Å²) in [7, 11) is 0. The van der Waals surface area contributed by atoms with Crippen LogP contribution in [-0.2, 0) is 0 Å². The first-order chi connectivity index (χ1) is 20.2. The fourth-order valence-electron chi connectivity index (χ4n) is 4.46. The Hall–Kier alpha value is -5.10. The van der Waals surface area contributed by atoms with Crippen molar-refractivity contribution in [1.82, 2.24) is 4.98 Å². The van der Waals surface area contributed by atoms with E-state index in [-0.39, 0.29) is 58.3 Å². The SMILES string of the molecule is C[C@H](CO)N=C(N)c1c(Oc2ccc(NC(=O)c3ccc(C4CC4)c(-c4ccc(F)cc4)[n+]3[O-])cc2F)ccnc1N. The van der Waals surface area contributed by atoms with E-state index in [2.05, 4.69) is 15.3 Å². The molecular weight excluding hydrogens is 546 g/mol. The molecule has 10 nitrogen and oxygen atoms in total. The van der Waals surface area contributed by atoms with Crippen LogP contribution in [0.4, 0.5) is 20.3 Å². The number of amidine groups is 1. The molecule has 0 radical (unpaired) electrons. The zero-order valence-electron chi connectivity index (χ0n) is 22.6. The number of pyridine rings is 2. The lowest BCUT2D eigenvalue weighted by molar-refractivity contribution is -0.596.